The summed E-state index contributed by atoms with van der Waals surface area (Å²) in [6.45, 7) is -0.626. The van der Waals surface area contributed by atoms with Gasteiger partial charge in [0.25, 0.3) is 12.3 Å². The van der Waals surface area contributed by atoms with Gasteiger partial charge in [0.2, 0.25) is 5.91 Å². The molecule has 0 saturated heterocycles. The van der Waals surface area contributed by atoms with E-state index >= 15 is 0 Å². The Morgan fingerprint density at radius 2 is 2.19 bits per heavy atom. The number of fused-ring (bicyclic) bond motifs is 1. The van der Waals surface area contributed by atoms with Gasteiger partial charge in [0.15, 0.2) is 0 Å². The summed E-state index contributed by atoms with van der Waals surface area (Å²) < 4.78 is 25.9. The number of nitrogens with two attached hydrogens (primary N) is 1. The van der Waals surface area contributed by atoms with Crippen LogP contribution in [0.5, 0.6) is 0 Å². The fourth-order valence-electron chi connectivity index (χ4n) is 1.96. The van der Waals surface area contributed by atoms with Crippen LogP contribution in [0.4, 0.5) is 8.78 Å². The highest BCUT2D eigenvalue weighted by molar-refractivity contribution is 5.99. The number of carbonyl (C=O) groups excluding carboxylic acids is 2. The predicted octanol–water partition coefficient (Wildman–Crippen LogP) is 0.699. The molecule has 0 aliphatic carbocycles. The van der Waals surface area contributed by atoms with Crippen molar-refractivity contribution >= 4 is 17.3 Å². The Kier molecular flexibility index (Phi) is 4.15. The number of aromatic nitrogens is 2. The van der Waals surface area contributed by atoms with Gasteiger partial charge in [0, 0.05) is 13.2 Å². The molecule has 0 aromatic carbocycles. The van der Waals surface area contributed by atoms with Crippen molar-refractivity contribution in [3.8, 4) is 0 Å². The number of halogens is 2. The van der Waals surface area contributed by atoms with Crippen LogP contribution in [0.15, 0.2) is 24.4 Å². The Hall–Kier alpha value is -2.51. The van der Waals surface area contributed by atoms with Crippen LogP contribution in [-0.4, -0.2) is 46.3 Å². The van der Waals surface area contributed by atoms with Gasteiger partial charge in [-0.2, -0.15) is 5.10 Å². The number of pyridine rings is 1. The highest BCUT2D eigenvalue weighted by Crippen LogP contribution is 2.13. The molecule has 0 atom stereocenters. The first kappa shape index (κ1) is 14.9. The zero-order valence-electron chi connectivity index (χ0n) is 11.3. The topological polar surface area (TPSA) is 80.7 Å². The number of hydrogen-bond acceptors (Lipinski definition) is 3. The van der Waals surface area contributed by atoms with Crippen molar-refractivity contribution in [2.75, 3.05) is 13.6 Å². The van der Waals surface area contributed by atoms with Crippen molar-refractivity contribution in [2.24, 2.45) is 5.73 Å². The summed E-state index contributed by atoms with van der Waals surface area (Å²) in [7, 11) is 1.30. The maximum atomic E-state index is 12.2. The molecule has 21 heavy (non-hydrogen) atoms. The predicted molar refractivity (Wildman–Crippen MR) is 71.1 cm³/mol. The first-order chi connectivity index (χ1) is 9.88. The number of nitrogens with zero attached hydrogens (tertiary/aromatic N) is 3. The van der Waals surface area contributed by atoms with Crippen LogP contribution in [0.3, 0.4) is 0 Å². The van der Waals surface area contributed by atoms with E-state index < -0.39 is 24.8 Å². The quantitative estimate of drug-likeness (QED) is 0.882. The van der Waals surface area contributed by atoms with Gasteiger partial charge in [-0.3, -0.25) is 9.59 Å². The second kappa shape index (κ2) is 5.86. The number of hydrogen-bond donors (Lipinski definition) is 1. The zero-order chi connectivity index (χ0) is 15.6. The average molecular weight is 296 g/mol. The lowest BCUT2D eigenvalue weighted by Gasteiger charge is -2.15. The smallest absolute Gasteiger partial charge is 0.255 e. The fourth-order valence-corrected chi connectivity index (χ4v) is 1.96. The van der Waals surface area contributed by atoms with Crippen LogP contribution < -0.4 is 5.73 Å². The van der Waals surface area contributed by atoms with Crippen molar-refractivity contribution in [2.45, 2.75) is 12.8 Å². The second-order valence-electron chi connectivity index (χ2n) is 4.59. The molecule has 2 heterocycles. The lowest BCUT2D eigenvalue weighted by Crippen LogP contribution is -2.32. The van der Waals surface area contributed by atoms with Crippen molar-refractivity contribution < 1.29 is 18.4 Å². The van der Waals surface area contributed by atoms with Crippen LogP contribution in [0.1, 0.15) is 16.1 Å². The van der Waals surface area contributed by atoms with Gasteiger partial charge in [-0.1, -0.05) is 0 Å². The third-order valence-corrected chi connectivity index (χ3v) is 2.99. The van der Waals surface area contributed by atoms with Gasteiger partial charge in [0.05, 0.1) is 29.7 Å². The molecule has 0 aliphatic heterocycles. The summed E-state index contributed by atoms with van der Waals surface area (Å²) >= 11 is 0. The number of carbonyl (C=O) groups is 2. The molecule has 0 saturated carbocycles. The number of primary amides is 1. The van der Waals surface area contributed by atoms with Crippen LogP contribution in [-0.2, 0) is 11.2 Å². The summed E-state index contributed by atoms with van der Waals surface area (Å²) in [4.78, 5) is 24.0. The van der Waals surface area contributed by atoms with E-state index in [0.29, 0.717) is 11.2 Å². The standard InChI is InChI=1S/C13H14F2N4O2/c1-18(7-11(14)15)12(20)6-8-5-10-9(13(16)21)3-2-4-19(10)17-8/h2-5,11H,6-7H2,1H3,(H2,16,21). The molecule has 0 radical (unpaired) electrons. The molecular formula is C13H14F2N4O2. The third-order valence-electron chi connectivity index (χ3n) is 2.99. The third kappa shape index (κ3) is 3.33. The summed E-state index contributed by atoms with van der Waals surface area (Å²) in [5.74, 6) is -1.08. The van der Waals surface area contributed by atoms with Gasteiger partial charge in [-0.25, -0.2) is 13.3 Å². The lowest BCUT2D eigenvalue weighted by atomic mass is 10.2. The van der Waals surface area contributed by atoms with Crippen LogP contribution >= 0.6 is 0 Å². The molecule has 0 bridgehead atoms. The molecular weight excluding hydrogens is 282 g/mol. The number of amides is 2. The monoisotopic (exact) mass is 296 g/mol. The molecule has 0 fully saturated rings. The van der Waals surface area contributed by atoms with E-state index in [1.165, 1.54) is 11.6 Å². The molecule has 2 amide bonds. The maximum absolute atomic E-state index is 12.2. The highest BCUT2D eigenvalue weighted by Gasteiger charge is 2.17. The normalized spacial score (nSPS) is 11.0. The van der Waals surface area contributed by atoms with E-state index in [4.69, 9.17) is 5.73 Å². The van der Waals surface area contributed by atoms with Crippen LogP contribution in [0.25, 0.3) is 5.52 Å². The molecule has 8 heteroatoms. The van der Waals surface area contributed by atoms with Gasteiger partial charge in [-0.15, -0.1) is 0 Å². The summed E-state index contributed by atoms with van der Waals surface area (Å²) in [5.41, 5.74) is 6.40. The Labute approximate surface area is 119 Å². The van der Waals surface area contributed by atoms with E-state index in [0.717, 1.165) is 4.90 Å². The Balaban J connectivity index is 2.22. The van der Waals surface area contributed by atoms with E-state index in [2.05, 4.69) is 5.10 Å². The molecule has 2 N–H and O–H groups in total. The molecule has 0 spiro atoms. The van der Waals surface area contributed by atoms with Crippen molar-refractivity contribution in [1.82, 2.24) is 14.5 Å². The Morgan fingerprint density at radius 3 is 2.81 bits per heavy atom. The first-order valence-electron chi connectivity index (χ1n) is 6.17. The summed E-state index contributed by atoms with van der Waals surface area (Å²) in [6, 6.07) is 4.71. The molecule has 6 nitrogen and oxygen atoms in total. The highest BCUT2D eigenvalue weighted by atomic mass is 19.3. The molecule has 2 aromatic heterocycles. The van der Waals surface area contributed by atoms with E-state index in [-0.39, 0.29) is 12.0 Å². The summed E-state index contributed by atoms with van der Waals surface area (Å²) in [6.07, 6.45) is -1.09. The number of rotatable bonds is 5. The minimum Gasteiger partial charge on any atom is -0.366 e. The molecule has 2 rings (SSSR count). The van der Waals surface area contributed by atoms with Crippen molar-refractivity contribution in [1.29, 1.82) is 0 Å². The zero-order valence-corrected chi connectivity index (χ0v) is 11.3. The molecule has 0 unspecified atom stereocenters. The van der Waals surface area contributed by atoms with Gasteiger partial charge >= 0.3 is 0 Å². The van der Waals surface area contributed by atoms with Gasteiger partial charge in [-0.05, 0) is 18.2 Å². The van der Waals surface area contributed by atoms with Crippen molar-refractivity contribution in [3.05, 3.63) is 35.7 Å². The second-order valence-corrected chi connectivity index (χ2v) is 4.59. The van der Waals surface area contributed by atoms with Crippen molar-refractivity contribution in [3.63, 3.8) is 0 Å². The maximum Gasteiger partial charge on any atom is 0.255 e. The van der Waals surface area contributed by atoms with E-state index in [9.17, 15) is 18.4 Å². The summed E-state index contributed by atoms with van der Waals surface area (Å²) in [5, 5.41) is 4.13. The van der Waals surface area contributed by atoms with Gasteiger partial charge in [0.1, 0.15) is 0 Å². The Bertz CT molecular complexity index is 684. The minimum atomic E-state index is -2.58. The molecule has 0 aliphatic rings. The van der Waals surface area contributed by atoms with E-state index in [1.54, 1.807) is 24.4 Å². The minimum absolute atomic E-state index is 0.122. The molecule has 2 aromatic rings. The van der Waals surface area contributed by atoms with Crippen LogP contribution in [0.2, 0.25) is 0 Å². The lowest BCUT2D eigenvalue weighted by molar-refractivity contribution is -0.130. The fraction of sp³-hybridized carbons (Fsp3) is 0.308. The first-order valence-corrected chi connectivity index (χ1v) is 6.17. The van der Waals surface area contributed by atoms with Crippen LogP contribution in [0, 0.1) is 0 Å². The number of likely N-dealkylation sites (N-methyl/N-ethyl adjacent to an activating group) is 1. The number of alkyl halides is 2. The Morgan fingerprint density at radius 1 is 1.48 bits per heavy atom. The molecule has 112 valence electrons. The van der Waals surface area contributed by atoms with Gasteiger partial charge < -0.3 is 10.6 Å². The average Bonchev–Trinajstić information content (AvgIpc) is 2.79. The largest absolute Gasteiger partial charge is 0.366 e. The van der Waals surface area contributed by atoms with E-state index in [1.807, 2.05) is 0 Å². The SMILES string of the molecule is CN(CC(F)F)C(=O)Cc1cc2c(C(N)=O)cccn2n1.